The largest absolute Gasteiger partial charge is 0.493 e. The lowest BCUT2D eigenvalue weighted by atomic mass is 9.95. The number of halogens is 1. The third-order valence-electron chi connectivity index (χ3n) is 4.56. The first-order chi connectivity index (χ1) is 15.8. The second kappa shape index (κ2) is 9.93. The number of methoxy groups -OCH3 is 1. The van der Waals surface area contributed by atoms with Gasteiger partial charge in [0.15, 0.2) is 24.3 Å². The molecular weight excluding hydrogens is 496 g/mol. The van der Waals surface area contributed by atoms with Crippen LogP contribution in [0, 0.1) is 22.8 Å². The number of nitrogens with zero attached hydrogens (tertiary/aromatic N) is 4. The Morgan fingerprint density at radius 2 is 2.12 bits per heavy atom. The molecule has 33 heavy (non-hydrogen) atoms. The number of carbonyl (C=O) groups is 1. The zero-order valence-electron chi connectivity index (χ0n) is 17.6. The normalized spacial score (nSPS) is 14.0. The Bertz CT molecular complexity index is 1220. The van der Waals surface area contributed by atoms with Crippen LogP contribution in [-0.4, -0.2) is 37.2 Å². The first-order valence-corrected chi connectivity index (χ1v) is 10.3. The summed E-state index contributed by atoms with van der Waals surface area (Å²) in [5.74, 6) is 0.364. The summed E-state index contributed by atoms with van der Waals surface area (Å²) in [5.41, 5.74) is 13.2. The number of guanidine groups is 1. The third-order valence-corrected chi connectivity index (χ3v) is 5.15. The summed E-state index contributed by atoms with van der Waals surface area (Å²) in [4.78, 5) is 20.4. The highest BCUT2D eigenvalue weighted by Gasteiger charge is 2.31. The average Bonchev–Trinajstić information content (AvgIpc) is 2.77. The molecule has 0 saturated carbocycles. The average molecular weight is 515 g/mol. The number of esters is 1. The molecule has 6 N–H and O–H groups in total. The number of ether oxygens (including phenoxy) is 3. The van der Waals surface area contributed by atoms with Crippen molar-refractivity contribution in [2.75, 3.05) is 37.1 Å². The van der Waals surface area contributed by atoms with Crippen molar-refractivity contribution in [2.24, 2.45) is 4.99 Å². The zero-order chi connectivity index (χ0) is 24.1. The van der Waals surface area contributed by atoms with Gasteiger partial charge in [0.2, 0.25) is 5.96 Å². The van der Waals surface area contributed by atoms with Gasteiger partial charge in [0.25, 0.3) is 0 Å². The summed E-state index contributed by atoms with van der Waals surface area (Å²) < 4.78 is 16.4. The van der Waals surface area contributed by atoms with Crippen molar-refractivity contribution < 1.29 is 19.0 Å². The molecule has 1 atom stereocenters. The first kappa shape index (κ1) is 23.4. The maximum absolute atomic E-state index is 11.7. The standard InChI is InChI=1S/C20H19BrN8O4/c1-3-32-13(30)7-33-17-11(21)4-9(5-12(17)31-2)16-14-15(24)10(6-22)18(25)28-19(14)29-20(27-16)26-8-23/h4-5,16H,3,7H2,1-2H3,(H6,24,25,26,27,28,29). The van der Waals surface area contributed by atoms with E-state index in [1.165, 1.54) is 7.11 Å². The Labute approximate surface area is 197 Å². The fourth-order valence-electron chi connectivity index (χ4n) is 3.19. The van der Waals surface area contributed by atoms with E-state index in [0.29, 0.717) is 21.3 Å². The van der Waals surface area contributed by atoms with Gasteiger partial charge in [0.1, 0.15) is 29.3 Å². The molecule has 12 nitrogen and oxygen atoms in total. The highest BCUT2D eigenvalue weighted by Crippen LogP contribution is 2.44. The number of anilines is 3. The summed E-state index contributed by atoms with van der Waals surface area (Å²) >= 11 is 3.43. The number of pyridine rings is 1. The van der Waals surface area contributed by atoms with Gasteiger partial charge in [-0.2, -0.15) is 10.5 Å². The molecule has 1 aliphatic heterocycles. The molecule has 1 aliphatic rings. The monoisotopic (exact) mass is 514 g/mol. The number of hydrogen-bond donors (Lipinski definition) is 4. The molecular formula is C20H19BrN8O4. The summed E-state index contributed by atoms with van der Waals surface area (Å²) in [7, 11) is 1.44. The van der Waals surface area contributed by atoms with Gasteiger partial charge in [-0.25, -0.2) is 14.8 Å². The lowest BCUT2D eigenvalue weighted by Gasteiger charge is -2.27. The van der Waals surface area contributed by atoms with E-state index in [0.717, 1.165) is 0 Å². The third kappa shape index (κ3) is 4.68. The molecule has 2 aromatic rings. The van der Waals surface area contributed by atoms with Gasteiger partial charge in [-0.15, -0.1) is 0 Å². The second-order valence-corrected chi connectivity index (χ2v) is 7.38. The molecule has 0 saturated heterocycles. The molecule has 0 aliphatic carbocycles. The highest BCUT2D eigenvalue weighted by atomic mass is 79.9. The number of nitriles is 2. The number of nitrogens with two attached hydrogens (primary N) is 2. The molecule has 1 aromatic heterocycles. The fourth-order valence-corrected chi connectivity index (χ4v) is 3.77. The summed E-state index contributed by atoms with van der Waals surface area (Å²) in [6.45, 7) is 1.62. The molecule has 170 valence electrons. The number of fused-ring (bicyclic) bond motifs is 1. The lowest BCUT2D eigenvalue weighted by Crippen LogP contribution is -2.32. The van der Waals surface area contributed by atoms with Crippen LogP contribution in [0.15, 0.2) is 21.6 Å². The molecule has 3 rings (SSSR count). The lowest BCUT2D eigenvalue weighted by molar-refractivity contribution is -0.145. The molecule has 0 spiro atoms. The number of nitrogens with one attached hydrogen (secondary N) is 2. The molecule has 2 heterocycles. The van der Waals surface area contributed by atoms with E-state index in [1.807, 2.05) is 6.07 Å². The van der Waals surface area contributed by atoms with Crippen LogP contribution in [0.1, 0.15) is 29.7 Å². The Morgan fingerprint density at radius 3 is 2.76 bits per heavy atom. The maximum Gasteiger partial charge on any atom is 0.344 e. The van der Waals surface area contributed by atoms with Crippen LogP contribution in [0.25, 0.3) is 0 Å². The molecule has 0 bridgehead atoms. The van der Waals surface area contributed by atoms with E-state index in [-0.39, 0.29) is 47.8 Å². The number of aliphatic imine (C=N–C) groups is 1. The van der Waals surface area contributed by atoms with Crippen LogP contribution in [0.2, 0.25) is 0 Å². The minimum Gasteiger partial charge on any atom is -0.493 e. The Morgan fingerprint density at radius 1 is 1.36 bits per heavy atom. The van der Waals surface area contributed by atoms with Crippen molar-refractivity contribution in [1.82, 2.24) is 10.3 Å². The fraction of sp³-hybridized carbons (Fsp3) is 0.250. The van der Waals surface area contributed by atoms with E-state index in [9.17, 15) is 10.1 Å². The van der Waals surface area contributed by atoms with Crippen molar-refractivity contribution in [1.29, 1.82) is 10.5 Å². The van der Waals surface area contributed by atoms with Crippen molar-refractivity contribution >= 4 is 45.2 Å². The summed E-state index contributed by atoms with van der Waals surface area (Å²) in [6.07, 6.45) is 1.79. The van der Waals surface area contributed by atoms with Gasteiger partial charge in [-0.05, 0) is 40.5 Å². The van der Waals surface area contributed by atoms with Crippen LogP contribution in [0.5, 0.6) is 11.5 Å². The van der Waals surface area contributed by atoms with Crippen LogP contribution in [-0.2, 0) is 9.53 Å². The van der Waals surface area contributed by atoms with Crippen molar-refractivity contribution in [3.05, 3.63) is 33.3 Å². The maximum atomic E-state index is 11.7. The zero-order valence-corrected chi connectivity index (χ0v) is 19.2. The van der Waals surface area contributed by atoms with Crippen LogP contribution in [0.4, 0.5) is 17.3 Å². The van der Waals surface area contributed by atoms with Gasteiger partial charge in [-0.3, -0.25) is 5.32 Å². The minimum absolute atomic E-state index is 0.0212. The number of carbonyl (C=O) groups excluding carboxylic acids is 1. The Balaban J connectivity index is 2.12. The van der Waals surface area contributed by atoms with Crippen LogP contribution >= 0.6 is 15.9 Å². The number of benzene rings is 1. The smallest absolute Gasteiger partial charge is 0.344 e. The topological polar surface area (TPSA) is 194 Å². The summed E-state index contributed by atoms with van der Waals surface area (Å²) in [6, 6.07) is 4.50. The van der Waals surface area contributed by atoms with E-state index in [4.69, 9.17) is 30.9 Å². The molecule has 1 aromatic carbocycles. The van der Waals surface area contributed by atoms with Crippen molar-refractivity contribution in [2.45, 2.75) is 13.0 Å². The molecule has 1 unspecified atom stereocenters. The number of nitrogen functional groups attached to an aromatic ring is 2. The van der Waals surface area contributed by atoms with Crippen molar-refractivity contribution in [3.63, 3.8) is 0 Å². The molecule has 0 radical (unpaired) electrons. The Hall–Kier alpha value is -4.23. The number of hydrogen-bond acceptors (Lipinski definition) is 12. The van der Waals surface area contributed by atoms with Gasteiger partial charge < -0.3 is 31.0 Å². The molecule has 13 heteroatoms. The predicted octanol–water partition coefficient (Wildman–Crippen LogP) is 1.77. The number of aromatic nitrogens is 1. The van der Waals surface area contributed by atoms with E-state index >= 15 is 0 Å². The quantitative estimate of drug-likeness (QED) is 0.249. The van der Waals surface area contributed by atoms with Crippen molar-refractivity contribution in [3.8, 4) is 23.8 Å². The van der Waals surface area contributed by atoms with E-state index in [1.54, 1.807) is 25.2 Å². The molecule has 0 fully saturated rings. The predicted molar refractivity (Wildman–Crippen MR) is 122 cm³/mol. The Kier molecular flexibility index (Phi) is 7.05. The SMILES string of the molecule is CCOC(=O)COc1c(Br)cc(C2N=C(NC#N)Nc3nc(N)c(C#N)c(N)c32)cc1OC. The van der Waals surface area contributed by atoms with Gasteiger partial charge in [-0.1, -0.05) is 0 Å². The molecule has 0 amide bonds. The van der Waals surface area contributed by atoms with Crippen LogP contribution < -0.4 is 31.6 Å². The van der Waals surface area contributed by atoms with Gasteiger partial charge >= 0.3 is 5.97 Å². The first-order valence-electron chi connectivity index (χ1n) is 9.49. The van der Waals surface area contributed by atoms with E-state index in [2.05, 4.69) is 36.5 Å². The van der Waals surface area contributed by atoms with Gasteiger partial charge in [0.05, 0.1) is 23.9 Å². The number of rotatable bonds is 6. The minimum atomic E-state index is -0.776. The summed E-state index contributed by atoms with van der Waals surface area (Å²) in [5, 5.41) is 23.8. The van der Waals surface area contributed by atoms with Gasteiger partial charge in [0, 0.05) is 5.56 Å². The van der Waals surface area contributed by atoms with Crippen LogP contribution in [0.3, 0.4) is 0 Å². The highest BCUT2D eigenvalue weighted by molar-refractivity contribution is 9.10. The van der Waals surface area contributed by atoms with E-state index < -0.39 is 12.0 Å². The second-order valence-electron chi connectivity index (χ2n) is 6.53.